The molecule has 0 spiro atoms. The minimum atomic E-state index is -0.158. The van der Waals surface area contributed by atoms with E-state index < -0.39 is 0 Å². The summed E-state index contributed by atoms with van der Waals surface area (Å²) in [5, 5.41) is 22.2. The van der Waals surface area contributed by atoms with Crippen molar-refractivity contribution in [2.45, 2.75) is 25.4 Å². The van der Waals surface area contributed by atoms with Gasteiger partial charge in [-0.2, -0.15) is 0 Å². The minimum absolute atomic E-state index is 0.0647. The topological polar surface area (TPSA) is 78.8 Å². The third kappa shape index (κ3) is 6.46. The van der Waals surface area contributed by atoms with Gasteiger partial charge in [0, 0.05) is 19.1 Å². The van der Waals surface area contributed by atoms with E-state index in [1.807, 2.05) is 36.4 Å². The Balaban J connectivity index is 1.73. The highest BCUT2D eigenvalue weighted by atomic mass is 16.5. The van der Waals surface area contributed by atoms with Crippen LogP contribution >= 0.6 is 0 Å². The van der Waals surface area contributed by atoms with Crippen molar-refractivity contribution in [2.24, 2.45) is 0 Å². The Hall–Kier alpha value is -3.57. The number of carbonyl (C=O) groups excluding carboxylic acids is 1. The molecule has 3 N–H and O–H groups in total. The monoisotopic (exact) mass is 431 g/mol. The van der Waals surface area contributed by atoms with E-state index in [4.69, 9.17) is 4.74 Å². The highest BCUT2D eigenvalue weighted by molar-refractivity contribution is 5.86. The summed E-state index contributed by atoms with van der Waals surface area (Å²) in [5.74, 6) is 0.220. The Kier molecular flexibility index (Phi) is 8.46. The first-order valence-corrected chi connectivity index (χ1v) is 10.7. The van der Waals surface area contributed by atoms with Gasteiger partial charge in [-0.05, 0) is 65.4 Å². The lowest BCUT2D eigenvalue weighted by Gasteiger charge is -2.22. The number of benzene rings is 3. The average Bonchev–Trinajstić information content (AvgIpc) is 2.81. The van der Waals surface area contributed by atoms with Crippen molar-refractivity contribution in [2.75, 3.05) is 13.2 Å². The fourth-order valence-electron chi connectivity index (χ4n) is 3.63. The van der Waals surface area contributed by atoms with Gasteiger partial charge < -0.3 is 20.3 Å². The zero-order valence-corrected chi connectivity index (χ0v) is 18.0. The van der Waals surface area contributed by atoms with Crippen LogP contribution in [0.1, 0.15) is 41.0 Å². The van der Waals surface area contributed by atoms with Crippen LogP contribution in [-0.2, 0) is 16.1 Å². The van der Waals surface area contributed by atoms with Gasteiger partial charge >= 0.3 is 0 Å². The van der Waals surface area contributed by atoms with Crippen LogP contribution in [0.2, 0.25) is 0 Å². The fraction of sp³-hybridized carbons (Fsp3) is 0.222. The second-order valence-corrected chi connectivity index (χ2v) is 7.57. The van der Waals surface area contributed by atoms with Crippen LogP contribution in [0.25, 0.3) is 0 Å². The molecular formula is C27H29NO4. The Labute approximate surface area is 189 Å². The molecule has 3 rings (SSSR count). The summed E-state index contributed by atoms with van der Waals surface area (Å²) in [7, 11) is 0. The molecule has 0 aromatic heterocycles. The van der Waals surface area contributed by atoms with Gasteiger partial charge in [0.1, 0.15) is 11.5 Å². The van der Waals surface area contributed by atoms with E-state index in [1.54, 1.807) is 24.3 Å². The molecule has 0 bridgehead atoms. The smallest absolute Gasteiger partial charge is 0.243 e. The van der Waals surface area contributed by atoms with E-state index in [2.05, 4.69) is 24.0 Å². The maximum Gasteiger partial charge on any atom is 0.243 e. The van der Waals surface area contributed by atoms with E-state index in [9.17, 15) is 15.0 Å². The van der Waals surface area contributed by atoms with E-state index in [1.165, 1.54) is 6.08 Å². The lowest BCUT2D eigenvalue weighted by molar-refractivity contribution is -0.116. The van der Waals surface area contributed by atoms with Crippen molar-refractivity contribution < 1.29 is 19.7 Å². The third-order valence-corrected chi connectivity index (χ3v) is 5.28. The molecule has 32 heavy (non-hydrogen) atoms. The number of amides is 1. The number of carbonyl (C=O) groups is 1. The summed E-state index contributed by atoms with van der Waals surface area (Å²) in [6.07, 6.45) is 2.95. The van der Waals surface area contributed by atoms with Gasteiger partial charge in [-0.3, -0.25) is 4.79 Å². The second-order valence-electron chi connectivity index (χ2n) is 7.57. The molecule has 0 aliphatic heterocycles. The number of phenols is 2. The lowest BCUT2D eigenvalue weighted by atomic mass is 9.83. The largest absolute Gasteiger partial charge is 0.508 e. The first-order chi connectivity index (χ1) is 15.6. The number of rotatable bonds is 11. The number of nitrogens with one attached hydrogen (secondary N) is 1. The molecule has 0 radical (unpaired) electrons. The molecule has 1 amide bonds. The molecule has 0 unspecified atom stereocenters. The molecule has 3 aromatic carbocycles. The minimum Gasteiger partial charge on any atom is -0.508 e. The summed E-state index contributed by atoms with van der Waals surface area (Å²) >= 11 is 0. The number of phenolic OH excluding ortho intramolecular Hbond substituents is 2. The average molecular weight is 432 g/mol. The van der Waals surface area contributed by atoms with Gasteiger partial charge in [0.2, 0.25) is 5.91 Å². The first-order valence-electron chi connectivity index (χ1n) is 10.7. The molecule has 5 nitrogen and oxygen atoms in total. The van der Waals surface area contributed by atoms with Crippen molar-refractivity contribution in [3.05, 3.63) is 108 Å². The zero-order chi connectivity index (χ0) is 22.8. The normalized spacial score (nSPS) is 10.8. The maximum atomic E-state index is 11.2. The number of hydrogen-bond acceptors (Lipinski definition) is 4. The van der Waals surface area contributed by atoms with Gasteiger partial charge in [-0.25, -0.2) is 0 Å². The summed E-state index contributed by atoms with van der Waals surface area (Å²) < 4.78 is 5.94. The van der Waals surface area contributed by atoms with Crippen LogP contribution in [0.5, 0.6) is 11.5 Å². The highest BCUT2D eigenvalue weighted by Gasteiger charge is 2.20. The van der Waals surface area contributed by atoms with Crippen molar-refractivity contribution in [1.82, 2.24) is 5.32 Å². The van der Waals surface area contributed by atoms with Crippen LogP contribution in [0.15, 0.2) is 85.5 Å². The number of unbranched alkanes of at least 4 members (excludes halogenated alkanes) is 1. The van der Waals surface area contributed by atoms with Gasteiger partial charge in [-0.1, -0.05) is 55.1 Å². The Morgan fingerprint density at radius 3 is 2.09 bits per heavy atom. The van der Waals surface area contributed by atoms with Gasteiger partial charge in [0.25, 0.3) is 0 Å². The van der Waals surface area contributed by atoms with E-state index in [0.29, 0.717) is 19.8 Å². The summed E-state index contributed by atoms with van der Waals surface area (Å²) in [6.45, 7) is 5.11. The molecule has 0 saturated heterocycles. The maximum absolute atomic E-state index is 11.2. The highest BCUT2D eigenvalue weighted by Crippen LogP contribution is 2.35. The van der Waals surface area contributed by atoms with Crippen molar-refractivity contribution in [3.63, 3.8) is 0 Å². The molecule has 0 saturated carbocycles. The van der Waals surface area contributed by atoms with E-state index >= 15 is 0 Å². The molecule has 5 heteroatoms. The van der Waals surface area contributed by atoms with Gasteiger partial charge in [0.15, 0.2) is 0 Å². The molecule has 0 aliphatic carbocycles. The van der Waals surface area contributed by atoms with Crippen LogP contribution in [0, 0.1) is 0 Å². The van der Waals surface area contributed by atoms with Crippen molar-refractivity contribution in [3.8, 4) is 11.5 Å². The Morgan fingerprint density at radius 2 is 1.50 bits per heavy atom. The Bertz CT molecular complexity index is 967. The van der Waals surface area contributed by atoms with Gasteiger partial charge in [0.05, 0.1) is 6.61 Å². The molecular weight excluding hydrogens is 402 g/mol. The molecule has 0 atom stereocenters. The predicted molar refractivity (Wildman–Crippen MR) is 126 cm³/mol. The number of ether oxygens (including phenoxy) is 1. The summed E-state index contributed by atoms with van der Waals surface area (Å²) in [4.78, 5) is 11.2. The standard InChI is InChI=1S/C27H29NO4/c1-2-26(31)28-17-5-6-18-32-19-22-7-3-4-8-25(22)27(20-9-13-23(29)14-10-20)21-11-15-24(30)16-12-21/h2-4,7-16,27,29-30H,1,5-6,17-19H2,(H,28,31). The van der Waals surface area contributed by atoms with Crippen molar-refractivity contribution >= 4 is 5.91 Å². The van der Waals surface area contributed by atoms with Crippen LogP contribution in [0.3, 0.4) is 0 Å². The van der Waals surface area contributed by atoms with Crippen LogP contribution < -0.4 is 5.32 Å². The van der Waals surface area contributed by atoms with Crippen LogP contribution in [-0.4, -0.2) is 29.3 Å². The molecule has 3 aromatic rings. The number of aromatic hydroxyl groups is 2. The molecule has 0 heterocycles. The van der Waals surface area contributed by atoms with Crippen LogP contribution in [0.4, 0.5) is 0 Å². The zero-order valence-electron chi connectivity index (χ0n) is 18.0. The number of hydrogen-bond donors (Lipinski definition) is 3. The predicted octanol–water partition coefficient (Wildman–Crippen LogP) is 4.88. The van der Waals surface area contributed by atoms with E-state index in [0.717, 1.165) is 35.1 Å². The molecule has 166 valence electrons. The van der Waals surface area contributed by atoms with E-state index in [-0.39, 0.29) is 23.3 Å². The third-order valence-electron chi connectivity index (χ3n) is 5.28. The molecule has 0 aliphatic rings. The fourth-order valence-corrected chi connectivity index (χ4v) is 3.63. The van der Waals surface area contributed by atoms with Crippen molar-refractivity contribution in [1.29, 1.82) is 0 Å². The second kappa shape index (κ2) is 11.7. The summed E-state index contributed by atoms with van der Waals surface area (Å²) in [6, 6.07) is 22.6. The summed E-state index contributed by atoms with van der Waals surface area (Å²) in [5.41, 5.74) is 4.28. The SMILES string of the molecule is C=CC(=O)NCCCCOCc1ccccc1C(c1ccc(O)cc1)c1ccc(O)cc1. The molecule has 0 fully saturated rings. The first kappa shape index (κ1) is 23.1. The Morgan fingerprint density at radius 1 is 0.906 bits per heavy atom. The van der Waals surface area contributed by atoms with Gasteiger partial charge in [-0.15, -0.1) is 0 Å². The lowest BCUT2D eigenvalue weighted by Crippen LogP contribution is -2.22. The quantitative estimate of drug-likeness (QED) is 0.230.